The van der Waals surface area contributed by atoms with E-state index in [0.29, 0.717) is 0 Å². The third kappa shape index (κ3) is 2.02. The van der Waals surface area contributed by atoms with Gasteiger partial charge in [-0.2, -0.15) is 0 Å². The van der Waals surface area contributed by atoms with Crippen LogP contribution < -0.4 is 0 Å². The van der Waals surface area contributed by atoms with Gasteiger partial charge in [0.2, 0.25) is 0 Å². The van der Waals surface area contributed by atoms with Crippen molar-refractivity contribution < 1.29 is 5.11 Å². The molecule has 74 valence electrons. The van der Waals surface area contributed by atoms with Gasteiger partial charge in [0.1, 0.15) is 0 Å². The summed E-state index contributed by atoms with van der Waals surface area (Å²) in [6.45, 7) is 8.51. The van der Waals surface area contributed by atoms with Gasteiger partial charge in [0.25, 0.3) is 0 Å². The highest BCUT2D eigenvalue weighted by atomic mass is 16.3. The molecule has 1 unspecified atom stereocenters. The second kappa shape index (κ2) is 3.67. The van der Waals surface area contributed by atoms with E-state index < -0.39 is 0 Å². The molecular weight excluding hydrogens is 160 g/mol. The molecule has 0 bridgehead atoms. The maximum absolute atomic E-state index is 9.91. The van der Waals surface area contributed by atoms with Crippen LogP contribution >= 0.6 is 0 Å². The molecule has 0 amide bonds. The predicted molar refractivity (Wildman–Crippen MR) is 56.5 cm³/mol. The SMILES string of the molecule is C/C=C/C(O)C1=C(C)CCC1(C)C. The molecule has 1 heteroatoms. The van der Waals surface area contributed by atoms with Crippen molar-refractivity contribution in [2.45, 2.75) is 46.6 Å². The van der Waals surface area contributed by atoms with Gasteiger partial charge in [-0.3, -0.25) is 0 Å². The van der Waals surface area contributed by atoms with Crippen LogP contribution in [0.15, 0.2) is 23.3 Å². The Hall–Kier alpha value is -0.560. The highest BCUT2D eigenvalue weighted by Crippen LogP contribution is 2.43. The second-order valence-corrected chi connectivity index (χ2v) is 4.55. The third-order valence-corrected chi connectivity index (χ3v) is 2.98. The molecule has 1 aliphatic rings. The van der Waals surface area contributed by atoms with E-state index in [4.69, 9.17) is 0 Å². The Morgan fingerprint density at radius 3 is 2.46 bits per heavy atom. The van der Waals surface area contributed by atoms with E-state index in [1.165, 1.54) is 17.6 Å². The van der Waals surface area contributed by atoms with Crippen molar-refractivity contribution in [1.82, 2.24) is 0 Å². The Balaban J connectivity index is 2.93. The van der Waals surface area contributed by atoms with E-state index in [1.54, 1.807) is 0 Å². The monoisotopic (exact) mass is 180 g/mol. The van der Waals surface area contributed by atoms with Crippen molar-refractivity contribution >= 4 is 0 Å². The van der Waals surface area contributed by atoms with Gasteiger partial charge in [-0.25, -0.2) is 0 Å². The number of aliphatic hydroxyl groups is 1. The van der Waals surface area contributed by atoms with Crippen molar-refractivity contribution in [2.75, 3.05) is 0 Å². The first-order valence-corrected chi connectivity index (χ1v) is 5.00. The van der Waals surface area contributed by atoms with Crippen LogP contribution in [0.2, 0.25) is 0 Å². The van der Waals surface area contributed by atoms with E-state index >= 15 is 0 Å². The first-order chi connectivity index (χ1) is 5.99. The number of hydrogen-bond donors (Lipinski definition) is 1. The quantitative estimate of drug-likeness (QED) is 0.647. The summed E-state index contributed by atoms with van der Waals surface area (Å²) in [6.07, 6.45) is 5.72. The van der Waals surface area contributed by atoms with E-state index in [0.717, 1.165) is 6.42 Å². The van der Waals surface area contributed by atoms with Crippen molar-refractivity contribution in [2.24, 2.45) is 5.41 Å². The Morgan fingerprint density at radius 1 is 1.46 bits per heavy atom. The second-order valence-electron chi connectivity index (χ2n) is 4.55. The van der Waals surface area contributed by atoms with Gasteiger partial charge in [-0.05, 0) is 37.7 Å². The molecule has 0 saturated heterocycles. The lowest BCUT2D eigenvalue weighted by atomic mass is 9.82. The first kappa shape index (κ1) is 10.5. The van der Waals surface area contributed by atoms with E-state index in [2.05, 4.69) is 20.8 Å². The summed E-state index contributed by atoms with van der Waals surface area (Å²) in [5, 5.41) is 9.91. The minimum Gasteiger partial charge on any atom is -0.385 e. The average Bonchev–Trinajstić information content (AvgIpc) is 2.26. The van der Waals surface area contributed by atoms with Crippen LogP contribution in [0.4, 0.5) is 0 Å². The van der Waals surface area contributed by atoms with Crippen LogP contribution in [0.25, 0.3) is 0 Å². The number of rotatable bonds is 2. The lowest BCUT2D eigenvalue weighted by Gasteiger charge is -2.25. The summed E-state index contributed by atoms with van der Waals surface area (Å²) in [7, 11) is 0. The minimum atomic E-state index is -0.373. The topological polar surface area (TPSA) is 20.2 Å². The van der Waals surface area contributed by atoms with Crippen LogP contribution in [0.3, 0.4) is 0 Å². The molecule has 0 heterocycles. The van der Waals surface area contributed by atoms with Crippen LogP contribution in [0.1, 0.15) is 40.5 Å². The zero-order valence-electron chi connectivity index (χ0n) is 9.09. The van der Waals surface area contributed by atoms with Crippen molar-refractivity contribution in [1.29, 1.82) is 0 Å². The molecule has 1 N–H and O–H groups in total. The van der Waals surface area contributed by atoms with Crippen LogP contribution in [-0.2, 0) is 0 Å². The van der Waals surface area contributed by atoms with Crippen LogP contribution in [0, 0.1) is 5.41 Å². The predicted octanol–water partition coefficient (Wildman–Crippen LogP) is 3.06. The number of hydrogen-bond acceptors (Lipinski definition) is 1. The van der Waals surface area contributed by atoms with Crippen molar-refractivity contribution in [3.8, 4) is 0 Å². The van der Waals surface area contributed by atoms with E-state index in [-0.39, 0.29) is 11.5 Å². The fourth-order valence-corrected chi connectivity index (χ4v) is 2.28. The summed E-state index contributed by atoms with van der Waals surface area (Å²) >= 11 is 0. The molecule has 1 nitrogen and oxygen atoms in total. The summed E-state index contributed by atoms with van der Waals surface area (Å²) in [6, 6.07) is 0. The lowest BCUT2D eigenvalue weighted by Crippen LogP contribution is -2.20. The highest BCUT2D eigenvalue weighted by molar-refractivity contribution is 5.31. The average molecular weight is 180 g/mol. The van der Waals surface area contributed by atoms with Gasteiger partial charge in [-0.1, -0.05) is 31.6 Å². The largest absolute Gasteiger partial charge is 0.385 e. The molecule has 0 spiro atoms. The molecule has 13 heavy (non-hydrogen) atoms. The van der Waals surface area contributed by atoms with Gasteiger partial charge in [0.05, 0.1) is 6.10 Å². The first-order valence-electron chi connectivity index (χ1n) is 5.00. The van der Waals surface area contributed by atoms with Gasteiger partial charge in [0, 0.05) is 0 Å². The van der Waals surface area contributed by atoms with Gasteiger partial charge >= 0.3 is 0 Å². The zero-order valence-corrected chi connectivity index (χ0v) is 9.09. The van der Waals surface area contributed by atoms with Crippen molar-refractivity contribution in [3.63, 3.8) is 0 Å². The number of aliphatic hydroxyl groups excluding tert-OH is 1. The summed E-state index contributed by atoms with van der Waals surface area (Å²) < 4.78 is 0. The standard InChI is InChI=1S/C12H20O/c1-5-6-10(13)11-9(2)7-8-12(11,3)4/h5-6,10,13H,7-8H2,1-4H3/b6-5+. The molecule has 1 aliphatic carbocycles. The lowest BCUT2D eigenvalue weighted by molar-refractivity contribution is 0.226. The fourth-order valence-electron chi connectivity index (χ4n) is 2.28. The Labute approximate surface area is 81.2 Å². The van der Waals surface area contributed by atoms with Crippen LogP contribution in [0.5, 0.6) is 0 Å². The third-order valence-electron chi connectivity index (χ3n) is 2.98. The Morgan fingerprint density at radius 2 is 2.08 bits per heavy atom. The van der Waals surface area contributed by atoms with E-state index in [1.807, 2.05) is 19.1 Å². The maximum Gasteiger partial charge on any atom is 0.0939 e. The summed E-state index contributed by atoms with van der Waals surface area (Å²) in [4.78, 5) is 0. The van der Waals surface area contributed by atoms with Gasteiger partial charge < -0.3 is 5.11 Å². The molecule has 0 fully saturated rings. The molecule has 0 aromatic heterocycles. The molecule has 0 saturated carbocycles. The molecular formula is C12H20O. The Bertz CT molecular complexity index is 246. The van der Waals surface area contributed by atoms with Crippen molar-refractivity contribution in [3.05, 3.63) is 23.3 Å². The normalized spacial score (nSPS) is 24.4. The molecule has 0 aromatic rings. The summed E-state index contributed by atoms with van der Waals surface area (Å²) in [5.41, 5.74) is 2.78. The van der Waals surface area contributed by atoms with Crippen LogP contribution in [-0.4, -0.2) is 11.2 Å². The summed E-state index contributed by atoms with van der Waals surface area (Å²) in [5.74, 6) is 0. The minimum absolute atomic E-state index is 0.184. The molecule has 1 atom stereocenters. The maximum atomic E-state index is 9.91. The highest BCUT2D eigenvalue weighted by Gasteiger charge is 2.33. The Kier molecular flexibility index (Phi) is 2.97. The molecule has 0 aliphatic heterocycles. The van der Waals surface area contributed by atoms with Gasteiger partial charge in [-0.15, -0.1) is 0 Å². The fraction of sp³-hybridized carbons (Fsp3) is 0.667. The number of allylic oxidation sites excluding steroid dienone is 2. The van der Waals surface area contributed by atoms with E-state index in [9.17, 15) is 5.11 Å². The van der Waals surface area contributed by atoms with Gasteiger partial charge in [0.15, 0.2) is 0 Å². The smallest absolute Gasteiger partial charge is 0.0939 e. The molecule has 1 rings (SSSR count). The molecule has 0 radical (unpaired) electrons. The molecule has 0 aromatic carbocycles. The zero-order chi connectivity index (χ0) is 10.1.